The normalized spacial score (nSPS) is 26.1. The Morgan fingerprint density at radius 3 is 2.64 bits per heavy atom. The van der Waals surface area contributed by atoms with Crippen LogP contribution >= 0.6 is 0 Å². The Hall–Kier alpha value is -1.09. The second kappa shape index (κ2) is 6.57. The second-order valence-corrected chi connectivity index (χ2v) is 7.86. The molecule has 22 heavy (non-hydrogen) atoms. The van der Waals surface area contributed by atoms with Gasteiger partial charge in [-0.2, -0.15) is 0 Å². The summed E-state index contributed by atoms with van der Waals surface area (Å²) in [5.41, 5.74) is 0.862. The summed E-state index contributed by atoms with van der Waals surface area (Å²) in [6.07, 6.45) is 8.08. The van der Waals surface area contributed by atoms with Crippen LogP contribution in [0.5, 0.6) is 0 Å². The Bertz CT molecular complexity index is 587. The first kappa shape index (κ1) is 15.8. The van der Waals surface area contributed by atoms with E-state index >= 15 is 0 Å². The van der Waals surface area contributed by atoms with Gasteiger partial charge in [0.1, 0.15) is 6.10 Å². The van der Waals surface area contributed by atoms with Gasteiger partial charge in [0.2, 0.25) is 10.0 Å². The predicted octanol–water partition coefficient (Wildman–Crippen LogP) is 0.274. The van der Waals surface area contributed by atoms with Crippen molar-refractivity contribution in [3.8, 4) is 0 Å². The summed E-state index contributed by atoms with van der Waals surface area (Å²) in [6.45, 7) is 3.57. The minimum Gasteiger partial charge on any atom is -0.369 e. The molecule has 2 aliphatic rings. The van der Waals surface area contributed by atoms with E-state index in [-0.39, 0.29) is 6.10 Å². The minimum absolute atomic E-state index is 0.0459. The van der Waals surface area contributed by atoms with Gasteiger partial charge in [-0.15, -0.1) is 0 Å². The molecule has 122 valence electrons. The lowest BCUT2D eigenvalue weighted by atomic mass is 10.0. The van der Waals surface area contributed by atoms with Gasteiger partial charge in [0.25, 0.3) is 0 Å². The monoisotopic (exact) mass is 326 g/mol. The van der Waals surface area contributed by atoms with Crippen molar-refractivity contribution in [2.24, 2.45) is 0 Å². The van der Waals surface area contributed by atoms with Crippen molar-refractivity contribution in [1.82, 2.24) is 19.2 Å². The van der Waals surface area contributed by atoms with Crippen LogP contribution in [0.25, 0.3) is 0 Å². The van der Waals surface area contributed by atoms with E-state index in [0.717, 1.165) is 31.6 Å². The van der Waals surface area contributed by atoms with E-state index in [4.69, 9.17) is 4.74 Å². The molecule has 2 aliphatic heterocycles. The van der Waals surface area contributed by atoms with E-state index in [2.05, 4.69) is 14.9 Å². The van der Waals surface area contributed by atoms with Crippen LogP contribution in [0.15, 0.2) is 18.6 Å². The molecule has 2 saturated heterocycles. The smallest absolute Gasteiger partial charge is 0.211 e. The molecule has 1 aromatic heterocycles. The summed E-state index contributed by atoms with van der Waals surface area (Å²) in [5.74, 6) is 0. The number of hydrogen-bond acceptors (Lipinski definition) is 6. The number of ether oxygens (including phenoxy) is 1. The van der Waals surface area contributed by atoms with Crippen molar-refractivity contribution >= 4 is 10.0 Å². The molecule has 0 aliphatic carbocycles. The topological polar surface area (TPSA) is 75.6 Å². The highest BCUT2D eigenvalue weighted by molar-refractivity contribution is 7.88. The first-order valence-electron chi connectivity index (χ1n) is 7.61. The van der Waals surface area contributed by atoms with Crippen molar-refractivity contribution in [2.45, 2.75) is 25.0 Å². The van der Waals surface area contributed by atoms with Crippen LogP contribution < -0.4 is 0 Å². The summed E-state index contributed by atoms with van der Waals surface area (Å²) in [7, 11) is -3.06. The molecule has 0 radical (unpaired) electrons. The quantitative estimate of drug-likeness (QED) is 0.794. The van der Waals surface area contributed by atoms with Gasteiger partial charge in [-0.05, 0) is 12.8 Å². The van der Waals surface area contributed by atoms with E-state index in [1.807, 2.05) is 0 Å². The van der Waals surface area contributed by atoms with Gasteiger partial charge >= 0.3 is 0 Å². The molecule has 3 heterocycles. The molecule has 0 saturated carbocycles. The maximum absolute atomic E-state index is 11.6. The van der Waals surface area contributed by atoms with Crippen molar-refractivity contribution < 1.29 is 13.2 Å². The molecule has 1 atom stereocenters. The lowest BCUT2D eigenvalue weighted by molar-refractivity contribution is -0.0529. The number of hydrogen-bond donors (Lipinski definition) is 0. The van der Waals surface area contributed by atoms with Crippen molar-refractivity contribution in [3.05, 3.63) is 24.3 Å². The molecular formula is C14H22N4O3S. The van der Waals surface area contributed by atoms with Crippen LogP contribution in [0, 0.1) is 0 Å². The maximum atomic E-state index is 11.6. The van der Waals surface area contributed by atoms with Gasteiger partial charge in [0.15, 0.2) is 0 Å². The first-order valence-corrected chi connectivity index (χ1v) is 9.45. The number of nitrogens with zero attached hydrogens (tertiary/aromatic N) is 4. The Labute approximate surface area is 131 Å². The van der Waals surface area contributed by atoms with Gasteiger partial charge in [-0.1, -0.05) is 0 Å². The Morgan fingerprint density at radius 2 is 2.00 bits per heavy atom. The summed E-state index contributed by atoms with van der Waals surface area (Å²) in [6, 6.07) is 0.418. The highest BCUT2D eigenvalue weighted by Crippen LogP contribution is 2.25. The Balaban J connectivity index is 1.59. The van der Waals surface area contributed by atoms with E-state index < -0.39 is 10.0 Å². The molecule has 0 bridgehead atoms. The number of piperidine rings is 1. The highest BCUT2D eigenvalue weighted by Gasteiger charge is 2.32. The predicted molar refractivity (Wildman–Crippen MR) is 81.7 cm³/mol. The Kier molecular flexibility index (Phi) is 4.72. The fourth-order valence-electron chi connectivity index (χ4n) is 3.20. The molecule has 8 heteroatoms. The fraction of sp³-hybridized carbons (Fsp3) is 0.714. The largest absolute Gasteiger partial charge is 0.369 e. The molecule has 1 aromatic rings. The van der Waals surface area contributed by atoms with Crippen LogP contribution in [0.3, 0.4) is 0 Å². The van der Waals surface area contributed by atoms with Crippen LogP contribution in [-0.2, 0) is 14.8 Å². The molecular weight excluding hydrogens is 304 g/mol. The third-order valence-corrected chi connectivity index (χ3v) is 5.72. The minimum atomic E-state index is -3.06. The highest BCUT2D eigenvalue weighted by atomic mass is 32.2. The standard InChI is InChI=1S/C14H22N4O3S/c1-22(19,20)18-6-2-12(3-7-18)17-8-9-21-14(11-17)13-10-15-4-5-16-13/h4-5,10,12,14H,2-3,6-9,11H2,1H3. The van der Waals surface area contributed by atoms with E-state index in [1.54, 1.807) is 22.9 Å². The molecule has 0 aromatic carbocycles. The summed E-state index contributed by atoms with van der Waals surface area (Å²) < 4.78 is 30.6. The number of aromatic nitrogens is 2. The molecule has 2 fully saturated rings. The lowest BCUT2D eigenvalue weighted by Crippen LogP contribution is -2.50. The van der Waals surface area contributed by atoms with Gasteiger partial charge in [0, 0.05) is 44.6 Å². The third-order valence-electron chi connectivity index (χ3n) is 4.42. The van der Waals surface area contributed by atoms with Gasteiger partial charge in [-0.3, -0.25) is 14.9 Å². The zero-order chi connectivity index (χ0) is 15.6. The number of morpholine rings is 1. The number of rotatable bonds is 3. The first-order chi connectivity index (χ1) is 10.5. The van der Waals surface area contributed by atoms with E-state index in [0.29, 0.717) is 25.7 Å². The number of sulfonamides is 1. The van der Waals surface area contributed by atoms with Crippen LogP contribution in [0.2, 0.25) is 0 Å². The zero-order valence-corrected chi connectivity index (χ0v) is 13.6. The summed E-state index contributed by atoms with van der Waals surface area (Å²) in [4.78, 5) is 10.8. The van der Waals surface area contributed by atoms with Crippen molar-refractivity contribution in [3.63, 3.8) is 0 Å². The summed E-state index contributed by atoms with van der Waals surface area (Å²) >= 11 is 0. The fourth-order valence-corrected chi connectivity index (χ4v) is 4.07. The molecule has 0 N–H and O–H groups in total. The molecule has 3 rings (SSSR count). The zero-order valence-electron chi connectivity index (χ0n) is 12.8. The molecule has 0 spiro atoms. The van der Waals surface area contributed by atoms with Crippen LogP contribution in [0.1, 0.15) is 24.6 Å². The average Bonchev–Trinajstić information content (AvgIpc) is 2.55. The lowest BCUT2D eigenvalue weighted by Gasteiger charge is -2.41. The van der Waals surface area contributed by atoms with Crippen molar-refractivity contribution in [2.75, 3.05) is 39.0 Å². The van der Waals surface area contributed by atoms with Gasteiger partial charge < -0.3 is 4.74 Å². The SMILES string of the molecule is CS(=O)(=O)N1CCC(N2CCOC(c3cnccn3)C2)CC1. The summed E-state index contributed by atoms with van der Waals surface area (Å²) in [5, 5.41) is 0. The molecule has 0 amide bonds. The van der Waals surface area contributed by atoms with Gasteiger partial charge in [-0.25, -0.2) is 12.7 Å². The van der Waals surface area contributed by atoms with Gasteiger partial charge in [0.05, 0.1) is 24.8 Å². The average molecular weight is 326 g/mol. The van der Waals surface area contributed by atoms with Crippen LogP contribution in [-0.4, -0.2) is 72.7 Å². The second-order valence-electron chi connectivity index (χ2n) is 5.88. The molecule has 1 unspecified atom stereocenters. The maximum Gasteiger partial charge on any atom is 0.211 e. The third kappa shape index (κ3) is 3.62. The van der Waals surface area contributed by atoms with E-state index in [1.165, 1.54) is 6.26 Å². The van der Waals surface area contributed by atoms with E-state index in [9.17, 15) is 8.42 Å². The van der Waals surface area contributed by atoms with Crippen LogP contribution in [0.4, 0.5) is 0 Å². The Morgan fingerprint density at radius 1 is 1.23 bits per heavy atom. The van der Waals surface area contributed by atoms with Crippen molar-refractivity contribution in [1.29, 1.82) is 0 Å². The molecule has 7 nitrogen and oxygen atoms in total.